The fourth-order valence-electron chi connectivity index (χ4n) is 1.99. The first-order valence-corrected chi connectivity index (χ1v) is 7.97. The van der Waals surface area contributed by atoms with Crippen LogP contribution in [0.1, 0.15) is 19.4 Å². The highest BCUT2D eigenvalue weighted by Gasteiger charge is 2.34. The van der Waals surface area contributed by atoms with Crippen molar-refractivity contribution in [2.45, 2.75) is 29.8 Å². The van der Waals surface area contributed by atoms with Crippen LogP contribution in [0.15, 0.2) is 70.0 Å². The molecule has 0 unspecified atom stereocenters. The van der Waals surface area contributed by atoms with Crippen LogP contribution < -0.4 is 5.32 Å². The van der Waals surface area contributed by atoms with Crippen molar-refractivity contribution in [1.29, 1.82) is 0 Å². The average Bonchev–Trinajstić information content (AvgIpc) is 2.48. The smallest absolute Gasteiger partial charge is 0.322 e. The second-order valence-corrected chi connectivity index (χ2v) is 6.48. The molecule has 2 aromatic rings. The van der Waals surface area contributed by atoms with E-state index in [1.807, 2.05) is 30.3 Å². The molecule has 0 fully saturated rings. The Balaban J connectivity index is 2.32. The number of hydrogen-bond donors (Lipinski definition) is 1. The van der Waals surface area contributed by atoms with Crippen molar-refractivity contribution in [3.05, 3.63) is 65.7 Å². The summed E-state index contributed by atoms with van der Waals surface area (Å²) in [6, 6.07) is 13.0. The molecular formula is C18H16F3NOS. The van der Waals surface area contributed by atoms with Crippen LogP contribution in [-0.2, 0) is 11.0 Å². The summed E-state index contributed by atoms with van der Waals surface area (Å²) in [6.07, 6.45) is -3.30. The molecule has 2 nitrogen and oxygen atoms in total. The van der Waals surface area contributed by atoms with Crippen molar-refractivity contribution in [2.75, 3.05) is 5.32 Å². The van der Waals surface area contributed by atoms with Crippen LogP contribution in [0.4, 0.5) is 18.9 Å². The lowest BCUT2D eigenvalue weighted by molar-refractivity contribution is -0.137. The molecule has 2 rings (SSSR count). The molecule has 0 bridgehead atoms. The second-order valence-electron chi connectivity index (χ2n) is 5.33. The van der Waals surface area contributed by atoms with E-state index in [0.29, 0.717) is 10.5 Å². The van der Waals surface area contributed by atoms with Crippen molar-refractivity contribution in [3.8, 4) is 0 Å². The summed E-state index contributed by atoms with van der Waals surface area (Å²) in [5, 5.41) is 2.29. The zero-order chi connectivity index (χ0) is 17.7. The van der Waals surface area contributed by atoms with Crippen LogP contribution in [0.5, 0.6) is 0 Å². The van der Waals surface area contributed by atoms with Gasteiger partial charge >= 0.3 is 6.18 Å². The quantitative estimate of drug-likeness (QED) is 0.710. The number of anilines is 1. The predicted molar refractivity (Wildman–Crippen MR) is 90.1 cm³/mol. The number of amides is 1. The van der Waals surface area contributed by atoms with Gasteiger partial charge in [-0.3, -0.25) is 4.79 Å². The Morgan fingerprint density at radius 3 is 2.29 bits per heavy atom. The summed E-state index contributed by atoms with van der Waals surface area (Å²) in [5.74, 6) is -0.580. The number of rotatable bonds is 4. The van der Waals surface area contributed by atoms with Crippen LogP contribution in [0, 0.1) is 0 Å². The van der Waals surface area contributed by atoms with Crippen molar-refractivity contribution < 1.29 is 18.0 Å². The summed E-state index contributed by atoms with van der Waals surface area (Å²) >= 11 is 1.23. The predicted octanol–water partition coefficient (Wildman–Crippen LogP) is 5.76. The number of benzene rings is 2. The molecule has 0 aromatic heterocycles. The van der Waals surface area contributed by atoms with E-state index < -0.39 is 17.6 Å². The Morgan fingerprint density at radius 1 is 1.04 bits per heavy atom. The lowest BCUT2D eigenvalue weighted by Gasteiger charge is -2.15. The maximum absolute atomic E-state index is 13.3. The minimum Gasteiger partial charge on any atom is -0.322 e. The van der Waals surface area contributed by atoms with Crippen LogP contribution in [0.25, 0.3) is 0 Å². The van der Waals surface area contributed by atoms with Gasteiger partial charge in [0, 0.05) is 15.9 Å². The SMILES string of the molecule is CC(C)=CC(=O)Nc1ccc(Sc2ccccc2)cc1C(F)(F)F. The first-order valence-electron chi connectivity index (χ1n) is 7.16. The van der Waals surface area contributed by atoms with Crippen LogP contribution in [0.2, 0.25) is 0 Å². The number of halogens is 3. The Labute approximate surface area is 142 Å². The van der Waals surface area contributed by atoms with Crippen LogP contribution in [0.3, 0.4) is 0 Å². The van der Waals surface area contributed by atoms with Gasteiger partial charge in [0.05, 0.1) is 11.3 Å². The monoisotopic (exact) mass is 351 g/mol. The molecule has 0 aliphatic rings. The molecule has 0 saturated carbocycles. The van der Waals surface area contributed by atoms with Crippen molar-refractivity contribution in [2.24, 2.45) is 0 Å². The molecule has 0 spiro atoms. The highest BCUT2D eigenvalue weighted by molar-refractivity contribution is 7.99. The number of carbonyl (C=O) groups excluding carboxylic acids is 1. The maximum atomic E-state index is 13.3. The Hall–Kier alpha value is -2.21. The fourth-order valence-corrected chi connectivity index (χ4v) is 2.86. The number of hydrogen-bond acceptors (Lipinski definition) is 2. The number of alkyl halides is 3. The fraction of sp³-hybridized carbons (Fsp3) is 0.167. The molecule has 1 N–H and O–H groups in total. The zero-order valence-electron chi connectivity index (χ0n) is 13.1. The van der Waals surface area contributed by atoms with Crippen LogP contribution in [-0.4, -0.2) is 5.91 Å². The second kappa shape index (κ2) is 7.57. The minimum atomic E-state index is -4.55. The Bertz CT molecular complexity index is 751. The lowest BCUT2D eigenvalue weighted by Crippen LogP contribution is -2.15. The summed E-state index contributed by atoms with van der Waals surface area (Å²) in [5.41, 5.74) is -0.404. The van der Waals surface area contributed by atoms with Gasteiger partial charge in [-0.15, -0.1) is 0 Å². The van der Waals surface area contributed by atoms with Crippen molar-refractivity contribution >= 4 is 23.4 Å². The molecule has 0 aliphatic heterocycles. The van der Waals surface area contributed by atoms with Crippen molar-refractivity contribution in [1.82, 2.24) is 0 Å². The average molecular weight is 351 g/mol. The minimum absolute atomic E-state index is 0.248. The molecular weight excluding hydrogens is 335 g/mol. The molecule has 126 valence electrons. The van der Waals surface area contributed by atoms with E-state index in [-0.39, 0.29) is 5.69 Å². The van der Waals surface area contributed by atoms with Gasteiger partial charge in [-0.25, -0.2) is 0 Å². The highest BCUT2D eigenvalue weighted by atomic mass is 32.2. The summed E-state index contributed by atoms with van der Waals surface area (Å²) in [4.78, 5) is 13.0. The maximum Gasteiger partial charge on any atom is 0.418 e. The summed E-state index contributed by atoms with van der Waals surface area (Å²) < 4.78 is 39.9. The van der Waals surface area contributed by atoms with E-state index in [4.69, 9.17) is 0 Å². The van der Waals surface area contributed by atoms with Crippen LogP contribution >= 0.6 is 11.8 Å². The van der Waals surface area contributed by atoms with Gasteiger partial charge in [0.15, 0.2) is 0 Å². The standard InChI is InChI=1S/C18H16F3NOS/c1-12(2)10-17(23)22-16-9-8-14(11-15(16)18(19,20)21)24-13-6-4-3-5-7-13/h3-11H,1-2H3,(H,22,23). The number of carbonyl (C=O) groups is 1. The van der Waals surface area contributed by atoms with E-state index in [1.54, 1.807) is 19.9 Å². The molecule has 0 aliphatic carbocycles. The van der Waals surface area contributed by atoms with Gasteiger partial charge in [-0.05, 0) is 44.2 Å². The van der Waals surface area contributed by atoms with Gasteiger partial charge in [0.1, 0.15) is 0 Å². The molecule has 1 amide bonds. The molecule has 0 saturated heterocycles. The van der Waals surface area contributed by atoms with Gasteiger partial charge in [0.2, 0.25) is 5.91 Å². The highest BCUT2D eigenvalue weighted by Crippen LogP contribution is 2.38. The third kappa shape index (κ3) is 5.16. The first-order chi connectivity index (χ1) is 11.3. The normalized spacial score (nSPS) is 11.0. The molecule has 0 heterocycles. The Morgan fingerprint density at radius 2 is 1.71 bits per heavy atom. The van der Waals surface area contributed by atoms with Gasteiger partial charge < -0.3 is 5.32 Å². The van der Waals surface area contributed by atoms with E-state index in [2.05, 4.69) is 5.32 Å². The van der Waals surface area contributed by atoms with Crippen molar-refractivity contribution in [3.63, 3.8) is 0 Å². The lowest BCUT2D eigenvalue weighted by atomic mass is 10.1. The van der Waals surface area contributed by atoms with Gasteiger partial charge in [0.25, 0.3) is 0 Å². The molecule has 24 heavy (non-hydrogen) atoms. The summed E-state index contributed by atoms with van der Waals surface area (Å²) in [6.45, 7) is 3.40. The zero-order valence-corrected chi connectivity index (χ0v) is 14.0. The number of nitrogens with one attached hydrogen (secondary N) is 1. The topological polar surface area (TPSA) is 29.1 Å². The third-order valence-corrected chi connectivity index (χ3v) is 3.95. The molecule has 6 heteroatoms. The first kappa shape index (κ1) is 18.1. The van der Waals surface area contributed by atoms with E-state index >= 15 is 0 Å². The van der Waals surface area contributed by atoms with E-state index in [9.17, 15) is 18.0 Å². The number of allylic oxidation sites excluding steroid dienone is 1. The van der Waals surface area contributed by atoms with Gasteiger partial charge in [-0.1, -0.05) is 35.5 Å². The molecule has 0 radical (unpaired) electrons. The molecule has 0 atom stereocenters. The third-order valence-electron chi connectivity index (χ3n) is 2.95. The summed E-state index contributed by atoms with van der Waals surface area (Å²) in [7, 11) is 0. The van der Waals surface area contributed by atoms with E-state index in [1.165, 1.54) is 23.9 Å². The van der Waals surface area contributed by atoms with E-state index in [0.717, 1.165) is 11.0 Å². The Kier molecular flexibility index (Phi) is 5.72. The van der Waals surface area contributed by atoms with Gasteiger partial charge in [-0.2, -0.15) is 13.2 Å². The largest absolute Gasteiger partial charge is 0.418 e. The molecule has 2 aromatic carbocycles.